The molecule has 0 aromatic rings. The number of unbranched alkanes of at least 4 members (excludes halogenated alkanes) is 28. The molecule has 2 unspecified atom stereocenters. The Hall–Kier alpha value is -1.94. The maximum absolute atomic E-state index is 12.9. The van der Waals surface area contributed by atoms with E-state index in [9.17, 15) is 43.2 Å². The number of aliphatic hydroxyl groups is 1. The van der Waals surface area contributed by atoms with Crippen LogP contribution in [0.2, 0.25) is 0 Å². The molecule has 17 nitrogen and oxygen atoms in total. The molecule has 0 aliphatic carbocycles. The molecular weight excluding hydrogens is 1040 g/mol. The molecule has 0 spiro atoms. The molecule has 0 heterocycles. The topological polar surface area (TPSA) is 237 Å². The van der Waals surface area contributed by atoms with Crippen LogP contribution in [0.25, 0.3) is 0 Å². The van der Waals surface area contributed by atoms with Crippen molar-refractivity contribution in [2.24, 2.45) is 11.8 Å². The molecule has 0 bridgehead atoms. The van der Waals surface area contributed by atoms with E-state index in [-0.39, 0.29) is 25.7 Å². The van der Waals surface area contributed by atoms with E-state index in [1.807, 2.05) is 0 Å². The number of phosphoric acid groups is 2. The third-order valence-electron chi connectivity index (χ3n) is 13.5. The quantitative estimate of drug-likeness (QED) is 0.0222. The maximum atomic E-state index is 12.9. The highest BCUT2D eigenvalue weighted by Gasteiger charge is 2.30. The lowest BCUT2D eigenvalue weighted by atomic mass is 10.0. The van der Waals surface area contributed by atoms with Crippen molar-refractivity contribution in [2.45, 2.75) is 304 Å². The van der Waals surface area contributed by atoms with Gasteiger partial charge in [0, 0.05) is 25.7 Å². The number of carbonyl (C=O) groups is 4. The van der Waals surface area contributed by atoms with E-state index in [2.05, 4.69) is 41.5 Å². The lowest BCUT2D eigenvalue weighted by molar-refractivity contribution is -0.161. The van der Waals surface area contributed by atoms with Gasteiger partial charge in [-0.25, -0.2) is 9.13 Å². The molecule has 5 atom stereocenters. The number of rotatable bonds is 58. The smallest absolute Gasteiger partial charge is 0.462 e. The van der Waals surface area contributed by atoms with Gasteiger partial charge in [0.1, 0.15) is 19.3 Å². The van der Waals surface area contributed by atoms with Crippen LogP contribution in [0, 0.1) is 11.8 Å². The van der Waals surface area contributed by atoms with Crippen LogP contribution in [0.1, 0.15) is 286 Å². The maximum Gasteiger partial charge on any atom is 0.472 e. The van der Waals surface area contributed by atoms with Crippen LogP contribution in [0.4, 0.5) is 0 Å². The summed E-state index contributed by atoms with van der Waals surface area (Å²) in [7, 11) is -9.87. The largest absolute Gasteiger partial charge is 0.472 e. The molecule has 0 aromatic carbocycles. The second kappa shape index (κ2) is 51.9. The Morgan fingerprint density at radius 2 is 0.590 bits per heavy atom. The van der Waals surface area contributed by atoms with Crippen molar-refractivity contribution in [3.05, 3.63) is 0 Å². The fourth-order valence-corrected chi connectivity index (χ4v) is 10.2. The fraction of sp³-hybridized carbons (Fsp3) is 0.932. The normalized spacial score (nSPS) is 14.4. The molecule has 0 radical (unpaired) electrons. The van der Waals surface area contributed by atoms with E-state index < -0.39 is 97.5 Å². The Kier molecular flexibility index (Phi) is 50.6. The van der Waals surface area contributed by atoms with Gasteiger partial charge >= 0.3 is 39.5 Å². The summed E-state index contributed by atoms with van der Waals surface area (Å²) in [4.78, 5) is 71.8. The van der Waals surface area contributed by atoms with E-state index in [0.29, 0.717) is 31.6 Å². The van der Waals surface area contributed by atoms with Gasteiger partial charge in [-0.2, -0.15) is 0 Å². The molecule has 0 fully saturated rings. The van der Waals surface area contributed by atoms with Gasteiger partial charge in [0.2, 0.25) is 0 Å². The van der Waals surface area contributed by atoms with E-state index in [1.54, 1.807) is 0 Å². The first-order valence-corrected chi connectivity index (χ1v) is 34.0. The molecule has 0 aliphatic rings. The van der Waals surface area contributed by atoms with Crippen LogP contribution in [0.15, 0.2) is 0 Å². The van der Waals surface area contributed by atoms with Gasteiger partial charge in [0.25, 0.3) is 0 Å². The van der Waals surface area contributed by atoms with E-state index in [1.165, 1.54) is 77.0 Å². The van der Waals surface area contributed by atoms with Crippen molar-refractivity contribution in [3.8, 4) is 0 Å². The summed E-state index contributed by atoms with van der Waals surface area (Å²) in [6.07, 6.45) is 32.3. The van der Waals surface area contributed by atoms with Gasteiger partial charge < -0.3 is 33.8 Å². The Labute approximate surface area is 473 Å². The van der Waals surface area contributed by atoms with Gasteiger partial charge in [0.15, 0.2) is 12.2 Å². The van der Waals surface area contributed by atoms with Crippen LogP contribution in [-0.4, -0.2) is 96.7 Å². The zero-order chi connectivity index (χ0) is 58.0. The predicted octanol–water partition coefficient (Wildman–Crippen LogP) is 15.7. The summed E-state index contributed by atoms with van der Waals surface area (Å²) in [5.74, 6) is -0.692. The summed E-state index contributed by atoms with van der Waals surface area (Å²) in [6.45, 7) is 9.32. The van der Waals surface area contributed by atoms with Crippen molar-refractivity contribution in [1.29, 1.82) is 0 Å². The monoisotopic (exact) mass is 1160 g/mol. The minimum atomic E-state index is -4.94. The Balaban J connectivity index is 5.21. The first kappa shape index (κ1) is 76.1. The van der Waals surface area contributed by atoms with E-state index in [0.717, 1.165) is 121 Å². The van der Waals surface area contributed by atoms with Crippen LogP contribution in [0.3, 0.4) is 0 Å². The summed E-state index contributed by atoms with van der Waals surface area (Å²) < 4.78 is 67.6. The van der Waals surface area contributed by atoms with Crippen LogP contribution >= 0.6 is 15.6 Å². The second-order valence-electron chi connectivity index (χ2n) is 22.3. The third kappa shape index (κ3) is 53.4. The first-order valence-electron chi connectivity index (χ1n) is 31.0. The van der Waals surface area contributed by atoms with Gasteiger partial charge in [-0.15, -0.1) is 0 Å². The zero-order valence-electron chi connectivity index (χ0n) is 50.0. The highest BCUT2D eigenvalue weighted by Crippen LogP contribution is 2.45. The van der Waals surface area contributed by atoms with Crippen LogP contribution < -0.4 is 0 Å². The average Bonchev–Trinajstić information content (AvgIpc) is 3.39. The van der Waals surface area contributed by atoms with E-state index >= 15 is 0 Å². The highest BCUT2D eigenvalue weighted by molar-refractivity contribution is 7.47. The minimum absolute atomic E-state index is 0.104. The van der Waals surface area contributed by atoms with E-state index in [4.69, 9.17) is 37.0 Å². The SMILES string of the molecule is CCCCCCCCCCC(=O)O[C@H](COC(=O)CCCCCCCCC)COP(=O)(O)OC[C@H](O)COP(=O)(O)OC[C@@H](COC(=O)CCCCCCCCCC(C)C)OC(=O)CCCCCCCCCCCCC(C)C. The molecule has 78 heavy (non-hydrogen) atoms. The molecular formula is C59H114O17P2. The van der Waals surface area contributed by atoms with Crippen molar-refractivity contribution in [1.82, 2.24) is 0 Å². The standard InChI is InChI=1S/C59H114O17P2/c1-7-9-11-13-15-24-31-37-43-58(63)75-54(47-69-56(61)41-35-29-21-14-12-10-8-2)49-73-77(65,66)71-45-53(60)46-72-78(67,68)74-50-55(48-70-57(62)42-36-30-26-20-23-28-34-40-52(5)6)76-59(64)44-38-32-25-19-17-16-18-22-27-33-39-51(3)4/h51-55,60H,7-50H2,1-6H3,(H,65,66)(H,67,68)/t53-,54+,55+/m0/s1. The highest BCUT2D eigenvalue weighted by atomic mass is 31.2. The molecule has 462 valence electrons. The molecule has 3 N–H and O–H groups in total. The predicted molar refractivity (Wildman–Crippen MR) is 308 cm³/mol. The van der Waals surface area contributed by atoms with Gasteiger partial charge in [0.05, 0.1) is 26.4 Å². The summed E-state index contributed by atoms with van der Waals surface area (Å²) in [5.41, 5.74) is 0. The van der Waals surface area contributed by atoms with Crippen molar-refractivity contribution in [2.75, 3.05) is 39.6 Å². The number of ether oxygens (including phenoxy) is 4. The Morgan fingerprint density at radius 1 is 0.346 bits per heavy atom. The Bertz CT molecular complexity index is 1550. The Morgan fingerprint density at radius 3 is 0.872 bits per heavy atom. The molecule has 0 aromatic heterocycles. The zero-order valence-corrected chi connectivity index (χ0v) is 51.7. The average molecular weight is 1160 g/mol. The van der Waals surface area contributed by atoms with Crippen LogP contribution in [-0.2, 0) is 65.4 Å². The number of aliphatic hydroxyl groups excluding tert-OH is 1. The lowest BCUT2D eigenvalue weighted by Crippen LogP contribution is -2.30. The van der Waals surface area contributed by atoms with Crippen molar-refractivity contribution < 1.29 is 80.2 Å². The number of esters is 4. The number of hydrogen-bond donors (Lipinski definition) is 3. The summed E-state index contributed by atoms with van der Waals surface area (Å²) in [6, 6.07) is 0. The number of phosphoric ester groups is 2. The van der Waals surface area contributed by atoms with Gasteiger partial charge in [-0.1, -0.05) is 234 Å². The van der Waals surface area contributed by atoms with Crippen LogP contribution in [0.5, 0.6) is 0 Å². The molecule has 0 saturated carbocycles. The van der Waals surface area contributed by atoms with Crippen molar-refractivity contribution >= 4 is 39.5 Å². The van der Waals surface area contributed by atoms with Gasteiger partial charge in [-0.3, -0.25) is 37.3 Å². The fourth-order valence-electron chi connectivity index (χ4n) is 8.65. The molecule has 0 rings (SSSR count). The molecule has 0 saturated heterocycles. The number of hydrogen-bond acceptors (Lipinski definition) is 15. The summed E-state index contributed by atoms with van der Waals surface area (Å²) >= 11 is 0. The molecule has 0 amide bonds. The van der Waals surface area contributed by atoms with Crippen molar-refractivity contribution in [3.63, 3.8) is 0 Å². The minimum Gasteiger partial charge on any atom is -0.462 e. The summed E-state index contributed by atoms with van der Waals surface area (Å²) in [5, 5.41) is 10.5. The lowest BCUT2D eigenvalue weighted by Gasteiger charge is -2.21. The number of carbonyl (C=O) groups excluding carboxylic acids is 4. The molecule has 0 aliphatic heterocycles. The molecule has 19 heteroatoms. The third-order valence-corrected chi connectivity index (χ3v) is 15.4. The first-order chi connectivity index (χ1) is 37.4. The van der Waals surface area contributed by atoms with Gasteiger partial charge in [-0.05, 0) is 37.5 Å². The second-order valence-corrected chi connectivity index (χ2v) is 25.2.